The molecule has 3 aromatic rings. The van der Waals surface area contributed by atoms with Gasteiger partial charge in [-0.15, -0.1) is 0 Å². The number of carbonyl (C=O) groups is 1. The van der Waals surface area contributed by atoms with Gasteiger partial charge in [0.05, 0.1) is 12.8 Å². The molecule has 6 nitrogen and oxygen atoms in total. The minimum absolute atomic E-state index is 0.0961. The fourth-order valence-corrected chi connectivity index (χ4v) is 2.65. The van der Waals surface area contributed by atoms with Gasteiger partial charge >= 0.3 is 0 Å². The van der Waals surface area contributed by atoms with E-state index in [9.17, 15) is 9.90 Å². The van der Waals surface area contributed by atoms with Gasteiger partial charge in [0, 0.05) is 16.2 Å². The molecule has 2 N–H and O–H groups in total. The van der Waals surface area contributed by atoms with Crippen molar-refractivity contribution < 1.29 is 9.90 Å². The molecule has 0 fully saturated rings. The molecule has 3 rings (SSSR count). The van der Waals surface area contributed by atoms with E-state index >= 15 is 0 Å². The van der Waals surface area contributed by atoms with Gasteiger partial charge in [-0.3, -0.25) is 9.48 Å². The lowest BCUT2D eigenvalue weighted by Gasteiger charge is -2.02. The first-order chi connectivity index (χ1) is 12.1. The number of halogens is 1. The van der Waals surface area contributed by atoms with Crippen LogP contribution in [0.3, 0.4) is 0 Å². The molecule has 0 saturated heterocycles. The van der Waals surface area contributed by atoms with E-state index in [-0.39, 0.29) is 11.4 Å². The van der Waals surface area contributed by atoms with Crippen molar-refractivity contribution in [2.75, 3.05) is 0 Å². The second kappa shape index (κ2) is 7.76. The first-order valence-corrected chi connectivity index (χ1v) is 8.30. The molecule has 0 aliphatic carbocycles. The molecule has 1 amide bonds. The summed E-state index contributed by atoms with van der Waals surface area (Å²) in [5.41, 5.74) is 4.25. The minimum Gasteiger partial charge on any atom is -0.507 e. The first kappa shape index (κ1) is 16.9. The van der Waals surface area contributed by atoms with Crippen molar-refractivity contribution in [3.05, 3.63) is 82.1 Å². The highest BCUT2D eigenvalue weighted by Crippen LogP contribution is 2.13. The number of hydrogen-bond donors (Lipinski definition) is 2. The highest BCUT2D eigenvalue weighted by Gasteiger charge is 2.09. The minimum atomic E-state index is -0.417. The summed E-state index contributed by atoms with van der Waals surface area (Å²) in [5, 5.41) is 17.7. The maximum absolute atomic E-state index is 12.1. The van der Waals surface area contributed by atoms with E-state index in [4.69, 9.17) is 0 Å². The number of amides is 1. The third-order valence-corrected chi connectivity index (χ3v) is 3.91. The van der Waals surface area contributed by atoms with Crippen molar-refractivity contribution in [3.8, 4) is 5.75 Å². The van der Waals surface area contributed by atoms with Crippen molar-refractivity contribution in [1.82, 2.24) is 15.2 Å². The van der Waals surface area contributed by atoms with E-state index in [2.05, 4.69) is 31.6 Å². The van der Waals surface area contributed by atoms with E-state index in [0.717, 1.165) is 10.0 Å². The monoisotopic (exact) mass is 398 g/mol. The lowest BCUT2D eigenvalue weighted by molar-refractivity contribution is 0.0949. The number of rotatable bonds is 5. The zero-order valence-corrected chi connectivity index (χ0v) is 14.7. The van der Waals surface area contributed by atoms with Crippen LogP contribution >= 0.6 is 15.9 Å². The highest BCUT2D eigenvalue weighted by molar-refractivity contribution is 9.10. The topological polar surface area (TPSA) is 79.5 Å². The molecule has 7 heteroatoms. The van der Waals surface area contributed by atoms with E-state index in [0.29, 0.717) is 12.1 Å². The molecule has 2 aromatic carbocycles. The summed E-state index contributed by atoms with van der Waals surface area (Å²) in [4.78, 5) is 12.1. The van der Waals surface area contributed by atoms with Gasteiger partial charge < -0.3 is 5.11 Å². The molecule has 1 aromatic heterocycles. The van der Waals surface area contributed by atoms with E-state index in [1.54, 1.807) is 41.2 Å². The van der Waals surface area contributed by atoms with Crippen LogP contribution in [0.4, 0.5) is 0 Å². The van der Waals surface area contributed by atoms with Crippen molar-refractivity contribution in [1.29, 1.82) is 0 Å². The molecular weight excluding hydrogens is 384 g/mol. The fraction of sp³-hybridized carbons (Fsp3) is 0.0556. The average Bonchev–Trinajstić information content (AvgIpc) is 3.05. The Hall–Kier alpha value is -2.93. The van der Waals surface area contributed by atoms with Crippen LogP contribution in [0.1, 0.15) is 21.6 Å². The molecule has 0 aliphatic rings. The molecule has 1 heterocycles. The number of phenolic OH excluding ortho intramolecular Hbond substituents is 1. The molecule has 0 radical (unpaired) electrons. The Morgan fingerprint density at radius 2 is 2.08 bits per heavy atom. The number of phenols is 1. The molecule has 0 saturated carbocycles. The Morgan fingerprint density at radius 3 is 2.88 bits per heavy atom. The van der Waals surface area contributed by atoms with Crippen LogP contribution in [-0.2, 0) is 6.54 Å². The summed E-state index contributed by atoms with van der Waals surface area (Å²) in [6.45, 7) is 0.563. The van der Waals surface area contributed by atoms with Crippen LogP contribution in [0.2, 0.25) is 0 Å². The smallest absolute Gasteiger partial charge is 0.291 e. The van der Waals surface area contributed by atoms with Crippen LogP contribution < -0.4 is 5.43 Å². The Labute approximate surface area is 152 Å². The van der Waals surface area contributed by atoms with Crippen molar-refractivity contribution in [2.24, 2.45) is 5.10 Å². The molecular formula is C18H15BrN4O2. The Bertz CT molecular complexity index is 921. The largest absolute Gasteiger partial charge is 0.507 e. The average molecular weight is 399 g/mol. The maximum Gasteiger partial charge on any atom is 0.291 e. The van der Waals surface area contributed by atoms with Crippen molar-refractivity contribution in [3.63, 3.8) is 0 Å². The Kier molecular flexibility index (Phi) is 5.25. The summed E-state index contributed by atoms with van der Waals surface area (Å²) < 4.78 is 2.68. The number of nitrogens with one attached hydrogen (secondary N) is 1. The van der Waals surface area contributed by atoms with Crippen molar-refractivity contribution in [2.45, 2.75) is 6.54 Å². The van der Waals surface area contributed by atoms with Gasteiger partial charge in [0.2, 0.25) is 0 Å². The molecule has 25 heavy (non-hydrogen) atoms. The second-order valence-electron chi connectivity index (χ2n) is 5.29. The lowest BCUT2D eigenvalue weighted by atomic mass is 10.2. The van der Waals surface area contributed by atoms with Gasteiger partial charge in [0.1, 0.15) is 5.75 Å². The summed E-state index contributed by atoms with van der Waals surface area (Å²) in [6, 6.07) is 16.2. The SMILES string of the molecule is O=C(NN=Cc1ccccc1O)c1ccn(Cc2cccc(Br)c2)n1. The van der Waals surface area contributed by atoms with Crippen molar-refractivity contribution >= 4 is 28.1 Å². The van der Waals surface area contributed by atoms with Gasteiger partial charge in [-0.1, -0.05) is 40.2 Å². The highest BCUT2D eigenvalue weighted by atomic mass is 79.9. The van der Waals surface area contributed by atoms with Gasteiger partial charge in [0.15, 0.2) is 5.69 Å². The van der Waals surface area contributed by atoms with Crippen LogP contribution in [-0.4, -0.2) is 27.0 Å². The van der Waals surface area contributed by atoms with Crippen LogP contribution in [0.5, 0.6) is 5.75 Å². The normalized spacial score (nSPS) is 10.9. The summed E-state index contributed by atoms with van der Waals surface area (Å²) in [7, 11) is 0. The number of benzene rings is 2. The van der Waals surface area contributed by atoms with E-state index in [1.165, 1.54) is 6.21 Å². The van der Waals surface area contributed by atoms with Gasteiger partial charge in [0.25, 0.3) is 5.91 Å². The van der Waals surface area contributed by atoms with E-state index in [1.807, 2.05) is 24.3 Å². The predicted octanol–water partition coefficient (Wildman–Crippen LogP) is 3.16. The number of aromatic hydroxyl groups is 1. The lowest BCUT2D eigenvalue weighted by Crippen LogP contribution is -2.18. The second-order valence-corrected chi connectivity index (χ2v) is 6.20. The standard InChI is InChI=1S/C18H15BrN4O2/c19-15-6-3-4-13(10-15)12-23-9-8-16(22-23)18(25)21-20-11-14-5-1-2-7-17(14)24/h1-11,24H,12H2,(H,21,25). The third-order valence-electron chi connectivity index (χ3n) is 3.41. The summed E-state index contributed by atoms with van der Waals surface area (Å²) >= 11 is 3.43. The van der Waals surface area contributed by atoms with Crippen LogP contribution in [0.25, 0.3) is 0 Å². The van der Waals surface area contributed by atoms with E-state index < -0.39 is 5.91 Å². The number of carbonyl (C=O) groups excluding carboxylic acids is 1. The van der Waals surface area contributed by atoms with Crippen LogP contribution in [0.15, 0.2) is 70.4 Å². The van der Waals surface area contributed by atoms with Gasteiger partial charge in [-0.2, -0.15) is 10.2 Å². The van der Waals surface area contributed by atoms with Crippen LogP contribution in [0, 0.1) is 0 Å². The quantitative estimate of drug-likeness (QED) is 0.511. The molecule has 126 valence electrons. The number of hydrazone groups is 1. The number of nitrogens with zero attached hydrogens (tertiary/aromatic N) is 3. The number of hydrogen-bond acceptors (Lipinski definition) is 4. The molecule has 0 atom stereocenters. The van der Waals surface area contributed by atoms with Gasteiger partial charge in [-0.05, 0) is 35.9 Å². The molecule has 0 spiro atoms. The number of aromatic nitrogens is 2. The molecule has 0 bridgehead atoms. The zero-order valence-electron chi connectivity index (χ0n) is 13.1. The molecule has 0 unspecified atom stereocenters. The number of para-hydroxylation sites is 1. The van der Waals surface area contributed by atoms with Gasteiger partial charge in [-0.25, -0.2) is 5.43 Å². The third kappa shape index (κ3) is 4.54. The Morgan fingerprint density at radius 1 is 1.24 bits per heavy atom. The fourth-order valence-electron chi connectivity index (χ4n) is 2.21. The first-order valence-electron chi connectivity index (χ1n) is 7.51. The summed E-state index contributed by atoms with van der Waals surface area (Å²) in [5.74, 6) is -0.321. The molecule has 0 aliphatic heterocycles. The maximum atomic E-state index is 12.1. The summed E-state index contributed by atoms with van der Waals surface area (Å²) in [6.07, 6.45) is 3.12. The zero-order chi connectivity index (χ0) is 17.6. The predicted molar refractivity (Wildman–Crippen MR) is 98.6 cm³/mol. The Balaban J connectivity index is 1.62.